The lowest BCUT2D eigenvalue weighted by Gasteiger charge is -2.03. The second-order valence-electron chi connectivity index (χ2n) is 4.41. The summed E-state index contributed by atoms with van der Waals surface area (Å²) in [5.41, 5.74) is 0. The van der Waals surface area contributed by atoms with Gasteiger partial charge in [0.1, 0.15) is 4.32 Å². The van der Waals surface area contributed by atoms with Gasteiger partial charge in [-0.3, -0.25) is 0 Å². The molecule has 0 fully saturated rings. The Hall–Kier alpha value is 0.200. The average Bonchev–Trinajstić information content (AvgIpc) is 2.25. The lowest BCUT2D eigenvalue weighted by atomic mass is 10.1. The van der Waals surface area contributed by atoms with Crippen LogP contribution in [0.5, 0.6) is 0 Å². The van der Waals surface area contributed by atoms with Crippen molar-refractivity contribution in [3.63, 3.8) is 0 Å². The van der Waals surface area contributed by atoms with Crippen LogP contribution in [0.15, 0.2) is 0 Å². The molecule has 0 aromatic heterocycles. The topological polar surface area (TPSA) is 43.5 Å². The smallest absolute Gasteiger partial charge is 0.130 e. The van der Waals surface area contributed by atoms with Gasteiger partial charge in [-0.05, 0) is 6.42 Å². The minimum Gasteiger partial charge on any atom is -0.412 e. The van der Waals surface area contributed by atoms with Crippen molar-refractivity contribution in [2.45, 2.75) is 71.1 Å². The van der Waals surface area contributed by atoms with Crippen molar-refractivity contribution < 1.29 is 5.48 Å². The van der Waals surface area contributed by atoms with E-state index in [4.69, 9.17) is 12.2 Å². The fraction of sp³-hybridized carbons (Fsp3) is 0.923. The minimum absolute atomic E-state index is 0. The molecular formula is C13H29NOS2. The zero-order chi connectivity index (χ0) is 12.1. The highest BCUT2D eigenvalue weighted by Gasteiger charge is 1.92. The van der Waals surface area contributed by atoms with Gasteiger partial charge in [-0.15, -0.1) is 12.6 Å². The fourth-order valence-corrected chi connectivity index (χ4v) is 2.02. The van der Waals surface area contributed by atoms with Crippen LogP contribution in [-0.4, -0.2) is 16.3 Å². The number of hydrogen-bond donors (Lipinski definition) is 2. The second kappa shape index (κ2) is 16.2. The molecule has 0 saturated heterocycles. The van der Waals surface area contributed by atoms with Crippen LogP contribution in [0, 0.1) is 0 Å². The highest BCUT2D eigenvalue weighted by Crippen LogP contribution is 2.10. The van der Waals surface area contributed by atoms with E-state index in [1.54, 1.807) is 0 Å². The number of thiol groups is 1. The van der Waals surface area contributed by atoms with E-state index in [-0.39, 0.29) is 5.48 Å². The third-order valence-corrected chi connectivity index (χ3v) is 3.11. The molecule has 0 atom stereocenters. The van der Waals surface area contributed by atoms with Crippen LogP contribution in [0.1, 0.15) is 71.1 Å². The van der Waals surface area contributed by atoms with E-state index in [1.807, 2.05) is 0 Å². The average molecular weight is 280 g/mol. The standard InChI is InChI=1S/C13H27NS2.H2O/c1-2-3-4-5-6-7-8-9-10-11-12-14-13(15)16;/h2-12H2,1H3,(H2,14,15,16);1H2. The molecule has 4 heteroatoms. The third kappa shape index (κ3) is 18.7. The van der Waals surface area contributed by atoms with Crippen molar-refractivity contribution in [3.8, 4) is 0 Å². The first-order chi connectivity index (χ1) is 7.77. The molecule has 0 spiro atoms. The van der Waals surface area contributed by atoms with Crippen LogP contribution in [0.2, 0.25) is 0 Å². The van der Waals surface area contributed by atoms with Gasteiger partial charge in [0.15, 0.2) is 0 Å². The molecule has 0 saturated carbocycles. The maximum Gasteiger partial charge on any atom is 0.130 e. The lowest BCUT2D eigenvalue weighted by molar-refractivity contribution is 0.555. The van der Waals surface area contributed by atoms with E-state index >= 15 is 0 Å². The van der Waals surface area contributed by atoms with Gasteiger partial charge in [-0.1, -0.05) is 76.9 Å². The molecular weight excluding hydrogens is 250 g/mol. The van der Waals surface area contributed by atoms with E-state index in [0.717, 1.165) is 6.54 Å². The van der Waals surface area contributed by atoms with Gasteiger partial charge in [-0.2, -0.15) is 0 Å². The summed E-state index contributed by atoms with van der Waals surface area (Å²) in [6, 6.07) is 0. The molecule has 0 aliphatic heterocycles. The molecule has 0 unspecified atom stereocenters. The van der Waals surface area contributed by atoms with Crippen molar-refractivity contribution >= 4 is 29.2 Å². The summed E-state index contributed by atoms with van der Waals surface area (Å²) in [6.45, 7) is 3.25. The van der Waals surface area contributed by atoms with Gasteiger partial charge < -0.3 is 10.8 Å². The Morgan fingerprint density at radius 1 is 0.882 bits per heavy atom. The van der Waals surface area contributed by atoms with Crippen LogP contribution in [0.25, 0.3) is 0 Å². The quantitative estimate of drug-likeness (QED) is 0.342. The molecule has 0 radical (unpaired) electrons. The van der Waals surface area contributed by atoms with Crippen molar-refractivity contribution in [1.29, 1.82) is 0 Å². The predicted molar refractivity (Wildman–Crippen MR) is 85.0 cm³/mol. The zero-order valence-corrected chi connectivity index (χ0v) is 12.8. The molecule has 0 rings (SSSR count). The van der Waals surface area contributed by atoms with E-state index in [2.05, 4.69) is 24.9 Å². The van der Waals surface area contributed by atoms with Crippen LogP contribution >= 0.6 is 24.8 Å². The van der Waals surface area contributed by atoms with E-state index in [0.29, 0.717) is 4.32 Å². The van der Waals surface area contributed by atoms with Gasteiger partial charge in [0.25, 0.3) is 0 Å². The molecule has 0 bridgehead atoms. The summed E-state index contributed by atoms with van der Waals surface area (Å²) in [6.07, 6.45) is 13.8. The molecule has 104 valence electrons. The van der Waals surface area contributed by atoms with Crippen molar-refractivity contribution in [1.82, 2.24) is 5.32 Å². The molecule has 3 N–H and O–H groups in total. The SMILES string of the molecule is CCCCCCCCCCCCNC(=S)S.O. The molecule has 0 heterocycles. The number of thiocarbonyl (C=S) groups is 1. The first-order valence-corrected chi connectivity index (χ1v) is 7.59. The van der Waals surface area contributed by atoms with E-state index < -0.39 is 0 Å². The monoisotopic (exact) mass is 279 g/mol. The second-order valence-corrected chi connectivity index (χ2v) is 5.57. The highest BCUT2D eigenvalue weighted by atomic mass is 32.1. The van der Waals surface area contributed by atoms with Gasteiger partial charge in [0.2, 0.25) is 0 Å². The number of nitrogens with one attached hydrogen (secondary N) is 1. The van der Waals surface area contributed by atoms with Crippen LogP contribution in [0.4, 0.5) is 0 Å². The maximum atomic E-state index is 4.82. The fourth-order valence-electron chi connectivity index (χ4n) is 1.81. The third-order valence-electron chi connectivity index (χ3n) is 2.81. The molecule has 0 aromatic rings. The van der Waals surface area contributed by atoms with Crippen molar-refractivity contribution in [3.05, 3.63) is 0 Å². The highest BCUT2D eigenvalue weighted by molar-refractivity contribution is 8.11. The van der Waals surface area contributed by atoms with Crippen molar-refractivity contribution in [2.24, 2.45) is 0 Å². The Balaban J connectivity index is 0. The first-order valence-electron chi connectivity index (χ1n) is 6.74. The Morgan fingerprint density at radius 2 is 1.29 bits per heavy atom. The zero-order valence-electron chi connectivity index (χ0n) is 11.1. The van der Waals surface area contributed by atoms with E-state index in [1.165, 1.54) is 64.2 Å². The molecule has 0 aliphatic rings. The molecule has 0 amide bonds. The van der Waals surface area contributed by atoms with E-state index in [9.17, 15) is 0 Å². The van der Waals surface area contributed by atoms with Gasteiger partial charge in [0, 0.05) is 6.54 Å². The normalized spacial score (nSPS) is 9.76. The molecule has 2 nitrogen and oxygen atoms in total. The van der Waals surface area contributed by atoms with Crippen LogP contribution in [0.3, 0.4) is 0 Å². The Kier molecular flexibility index (Phi) is 18.6. The van der Waals surface area contributed by atoms with Crippen molar-refractivity contribution in [2.75, 3.05) is 6.54 Å². The van der Waals surface area contributed by atoms with Gasteiger partial charge in [-0.25, -0.2) is 0 Å². The molecule has 0 aliphatic carbocycles. The number of hydrogen-bond acceptors (Lipinski definition) is 1. The number of unbranched alkanes of at least 4 members (excludes halogenated alkanes) is 9. The summed E-state index contributed by atoms with van der Waals surface area (Å²) < 4.78 is 0.621. The summed E-state index contributed by atoms with van der Waals surface area (Å²) in [7, 11) is 0. The van der Waals surface area contributed by atoms with Gasteiger partial charge in [0.05, 0.1) is 0 Å². The summed E-state index contributed by atoms with van der Waals surface area (Å²) in [5, 5.41) is 3.07. The summed E-state index contributed by atoms with van der Waals surface area (Å²) >= 11 is 8.84. The Bertz CT molecular complexity index is 165. The predicted octanol–water partition coefficient (Wildman–Crippen LogP) is 3.89. The largest absolute Gasteiger partial charge is 0.412 e. The minimum atomic E-state index is 0. The van der Waals surface area contributed by atoms with Gasteiger partial charge >= 0.3 is 0 Å². The number of rotatable bonds is 11. The lowest BCUT2D eigenvalue weighted by Crippen LogP contribution is -2.17. The summed E-state index contributed by atoms with van der Waals surface area (Å²) in [5.74, 6) is 0. The Labute approximate surface area is 118 Å². The van der Waals surface area contributed by atoms with Crippen LogP contribution < -0.4 is 5.32 Å². The van der Waals surface area contributed by atoms with Crippen LogP contribution in [-0.2, 0) is 0 Å². The maximum absolute atomic E-state index is 4.82. The summed E-state index contributed by atoms with van der Waals surface area (Å²) in [4.78, 5) is 0. The molecule has 0 aromatic carbocycles. The molecule has 17 heavy (non-hydrogen) atoms. The first kappa shape index (κ1) is 19.5. The Morgan fingerprint density at radius 3 is 1.71 bits per heavy atom.